The van der Waals surface area contributed by atoms with Gasteiger partial charge in [0.15, 0.2) is 0 Å². The number of halogens is 2. The molecule has 0 saturated carbocycles. The van der Waals surface area contributed by atoms with Crippen LogP contribution >= 0.6 is 61.2 Å². The third-order valence-electron chi connectivity index (χ3n) is 2.07. The van der Waals surface area contributed by atoms with Crippen molar-refractivity contribution in [3.63, 3.8) is 0 Å². The highest BCUT2D eigenvalue weighted by molar-refractivity contribution is 14.1. The summed E-state index contributed by atoms with van der Waals surface area (Å²) >= 11 is 9.29. The number of hydrogen-bond donors (Lipinski definition) is 1. The standard InChI is InChI=1S/C10H9BrINS2/c11-9-2-1-7(15-9)4-8(13)6-3-10(12)14-5-6/h1-3,5,8H,4,13H2. The fourth-order valence-electron chi connectivity index (χ4n) is 1.31. The minimum absolute atomic E-state index is 0.121. The van der Waals surface area contributed by atoms with Gasteiger partial charge in [-0.25, -0.2) is 0 Å². The van der Waals surface area contributed by atoms with Crippen LogP contribution in [0.1, 0.15) is 16.5 Å². The molecule has 1 nitrogen and oxygen atoms in total. The van der Waals surface area contributed by atoms with E-state index < -0.39 is 0 Å². The van der Waals surface area contributed by atoms with Crippen LogP contribution in [0.5, 0.6) is 0 Å². The molecule has 0 aliphatic rings. The Hall–Kier alpha value is 0.570. The molecule has 0 aliphatic heterocycles. The van der Waals surface area contributed by atoms with E-state index in [4.69, 9.17) is 5.73 Å². The first-order valence-electron chi connectivity index (χ1n) is 4.39. The Kier molecular flexibility index (Phi) is 4.23. The number of thiophene rings is 2. The van der Waals surface area contributed by atoms with Gasteiger partial charge in [0.1, 0.15) is 0 Å². The molecule has 2 N–H and O–H groups in total. The first-order chi connectivity index (χ1) is 7.15. The molecule has 0 aliphatic carbocycles. The molecule has 2 heterocycles. The molecule has 0 amide bonds. The summed E-state index contributed by atoms with van der Waals surface area (Å²) in [5, 5.41) is 2.15. The van der Waals surface area contributed by atoms with Crippen LogP contribution in [0.4, 0.5) is 0 Å². The molecule has 0 aromatic carbocycles. The zero-order valence-corrected chi connectivity index (χ0v) is 13.1. The molecule has 5 heteroatoms. The fraction of sp³-hybridized carbons (Fsp3) is 0.200. The summed E-state index contributed by atoms with van der Waals surface area (Å²) in [6.07, 6.45) is 0.920. The van der Waals surface area contributed by atoms with Gasteiger partial charge in [0.05, 0.1) is 6.67 Å². The zero-order chi connectivity index (χ0) is 10.8. The van der Waals surface area contributed by atoms with Crippen LogP contribution in [-0.2, 0) is 6.42 Å². The Morgan fingerprint density at radius 2 is 2.27 bits per heavy atom. The van der Waals surface area contributed by atoms with E-state index in [1.165, 1.54) is 17.1 Å². The first kappa shape index (κ1) is 12.0. The van der Waals surface area contributed by atoms with Crippen LogP contribution in [0.25, 0.3) is 0 Å². The Labute approximate surface area is 119 Å². The van der Waals surface area contributed by atoms with Crippen LogP contribution in [-0.4, -0.2) is 0 Å². The maximum atomic E-state index is 6.14. The average Bonchev–Trinajstić information content (AvgIpc) is 2.75. The van der Waals surface area contributed by atoms with Crippen molar-refractivity contribution in [3.05, 3.63) is 40.7 Å². The van der Waals surface area contributed by atoms with Crippen LogP contribution in [0.2, 0.25) is 0 Å². The molecule has 2 rings (SSSR count). The highest BCUT2D eigenvalue weighted by Gasteiger charge is 2.10. The monoisotopic (exact) mass is 413 g/mol. The van der Waals surface area contributed by atoms with Crippen LogP contribution in [0.3, 0.4) is 0 Å². The minimum atomic E-state index is 0.121. The Morgan fingerprint density at radius 1 is 1.47 bits per heavy atom. The van der Waals surface area contributed by atoms with E-state index in [1.807, 2.05) is 0 Å². The average molecular weight is 414 g/mol. The van der Waals surface area contributed by atoms with Gasteiger partial charge in [0.2, 0.25) is 0 Å². The highest BCUT2D eigenvalue weighted by Crippen LogP contribution is 2.28. The van der Waals surface area contributed by atoms with E-state index >= 15 is 0 Å². The second kappa shape index (κ2) is 5.27. The van der Waals surface area contributed by atoms with Crippen molar-refractivity contribution in [3.8, 4) is 0 Å². The molecular weight excluding hydrogens is 405 g/mol. The van der Waals surface area contributed by atoms with Gasteiger partial charge in [-0.05, 0) is 67.7 Å². The highest BCUT2D eigenvalue weighted by atomic mass is 127. The second-order valence-corrected chi connectivity index (χ2v) is 8.55. The van der Waals surface area contributed by atoms with E-state index in [0.717, 1.165) is 6.42 Å². The van der Waals surface area contributed by atoms with Gasteiger partial charge in [0, 0.05) is 17.3 Å². The summed E-state index contributed by atoms with van der Waals surface area (Å²) in [5.74, 6) is 0. The summed E-state index contributed by atoms with van der Waals surface area (Å²) in [7, 11) is 0. The lowest BCUT2D eigenvalue weighted by atomic mass is 10.1. The predicted molar refractivity (Wildman–Crippen MR) is 79.7 cm³/mol. The van der Waals surface area contributed by atoms with Crippen molar-refractivity contribution >= 4 is 61.2 Å². The van der Waals surface area contributed by atoms with Crippen molar-refractivity contribution < 1.29 is 0 Å². The van der Waals surface area contributed by atoms with E-state index in [9.17, 15) is 0 Å². The van der Waals surface area contributed by atoms with E-state index in [0.29, 0.717) is 0 Å². The number of nitrogens with two attached hydrogens (primary N) is 1. The minimum Gasteiger partial charge on any atom is -0.324 e. The molecule has 2 aromatic heterocycles. The van der Waals surface area contributed by atoms with E-state index in [1.54, 1.807) is 22.7 Å². The van der Waals surface area contributed by atoms with Gasteiger partial charge in [-0.1, -0.05) is 0 Å². The van der Waals surface area contributed by atoms with Gasteiger partial charge >= 0.3 is 0 Å². The Balaban J connectivity index is 2.06. The molecule has 80 valence electrons. The Bertz CT molecular complexity index is 452. The fourth-order valence-corrected chi connectivity index (χ4v) is 4.29. The van der Waals surface area contributed by atoms with Crippen LogP contribution in [0, 0.1) is 2.88 Å². The molecule has 1 atom stereocenters. The summed E-state index contributed by atoms with van der Waals surface area (Å²) in [4.78, 5) is 1.33. The summed E-state index contributed by atoms with van der Waals surface area (Å²) in [6.45, 7) is 0. The second-order valence-electron chi connectivity index (χ2n) is 3.20. The molecule has 0 fully saturated rings. The van der Waals surface area contributed by atoms with Gasteiger partial charge in [-0.3, -0.25) is 0 Å². The molecular formula is C10H9BrINS2. The smallest absolute Gasteiger partial charge is 0.0701 e. The number of hydrogen-bond acceptors (Lipinski definition) is 3. The molecule has 0 radical (unpaired) electrons. The molecule has 0 spiro atoms. The lowest BCUT2D eigenvalue weighted by Gasteiger charge is -2.07. The first-order valence-corrected chi connectivity index (χ1v) is 7.95. The summed E-state index contributed by atoms with van der Waals surface area (Å²) in [5.41, 5.74) is 7.39. The quantitative estimate of drug-likeness (QED) is 0.740. The predicted octanol–water partition coefficient (Wildman–Crippen LogP) is 4.42. The topological polar surface area (TPSA) is 26.0 Å². The van der Waals surface area contributed by atoms with Crippen molar-refractivity contribution in [2.45, 2.75) is 12.5 Å². The molecule has 0 bridgehead atoms. The van der Waals surface area contributed by atoms with Crippen LogP contribution < -0.4 is 5.73 Å². The Morgan fingerprint density at radius 3 is 2.80 bits per heavy atom. The largest absolute Gasteiger partial charge is 0.324 e. The lowest BCUT2D eigenvalue weighted by Crippen LogP contribution is -2.11. The summed E-state index contributed by atoms with van der Waals surface area (Å²) < 4.78 is 2.47. The van der Waals surface area contributed by atoms with E-state index in [-0.39, 0.29) is 6.04 Å². The van der Waals surface area contributed by atoms with Gasteiger partial charge in [-0.15, -0.1) is 22.7 Å². The zero-order valence-electron chi connectivity index (χ0n) is 7.74. The van der Waals surface area contributed by atoms with Crippen LogP contribution in [0.15, 0.2) is 27.4 Å². The maximum absolute atomic E-state index is 6.14. The third kappa shape index (κ3) is 3.26. The summed E-state index contributed by atoms with van der Waals surface area (Å²) in [6, 6.07) is 6.49. The van der Waals surface area contributed by atoms with Crippen molar-refractivity contribution in [2.24, 2.45) is 5.73 Å². The third-order valence-corrected chi connectivity index (χ3v) is 5.52. The van der Waals surface area contributed by atoms with Gasteiger partial charge < -0.3 is 5.73 Å². The molecule has 2 aromatic rings. The lowest BCUT2D eigenvalue weighted by molar-refractivity contribution is 0.733. The maximum Gasteiger partial charge on any atom is 0.0701 e. The van der Waals surface area contributed by atoms with E-state index in [2.05, 4.69) is 62.1 Å². The molecule has 0 saturated heterocycles. The SMILES string of the molecule is NC(Cc1ccc(Br)s1)c1csc(I)c1. The van der Waals surface area contributed by atoms with Gasteiger partial charge in [0.25, 0.3) is 0 Å². The van der Waals surface area contributed by atoms with Crippen molar-refractivity contribution in [1.82, 2.24) is 0 Å². The van der Waals surface area contributed by atoms with Crippen molar-refractivity contribution in [2.75, 3.05) is 0 Å². The normalized spacial score (nSPS) is 13.0. The molecule has 15 heavy (non-hydrogen) atoms. The number of rotatable bonds is 3. The molecule has 1 unspecified atom stereocenters. The van der Waals surface area contributed by atoms with Gasteiger partial charge in [-0.2, -0.15) is 0 Å². The van der Waals surface area contributed by atoms with Crippen molar-refractivity contribution in [1.29, 1.82) is 0 Å².